The fourth-order valence-corrected chi connectivity index (χ4v) is 2.61. The second kappa shape index (κ2) is 7.29. The maximum Gasteiger partial charge on any atom is 0.183 e. The molecule has 1 aromatic rings. The quantitative estimate of drug-likeness (QED) is 0.614. The van der Waals surface area contributed by atoms with Gasteiger partial charge in [0.15, 0.2) is 6.29 Å². The van der Waals surface area contributed by atoms with E-state index in [-0.39, 0.29) is 12.2 Å². The predicted octanol–water partition coefficient (Wildman–Crippen LogP) is 3.48. The van der Waals surface area contributed by atoms with Gasteiger partial charge in [-0.2, -0.15) is 0 Å². The van der Waals surface area contributed by atoms with E-state index < -0.39 is 5.60 Å². The predicted molar refractivity (Wildman–Crippen MR) is 79.4 cm³/mol. The summed E-state index contributed by atoms with van der Waals surface area (Å²) in [5, 5.41) is 10.2. The lowest BCUT2D eigenvalue weighted by molar-refractivity contribution is -0.106. The van der Waals surface area contributed by atoms with Gasteiger partial charge >= 0.3 is 0 Å². The Morgan fingerprint density at radius 2 is 1.68 bits per heavy atom. The normalized spacial score (nSPS) is 14.9. The van der Waals surface area contributed by atoms with Gasteiger partial charge in [0, 0.05) is 30.4 Å². The summed E-state index contributed by atoms with van der Waals surface area (Å²) in [6, 6.07) is 8.04. The molecule has 1 N–H and O–H groups in total. The number of ether oxygens (including phenoxy) is 2. The van der Waals surface area contributed by atoms with Crippen molar-refractivity contribution in [3.05, 3.63) is 29.8 Å². The lowest BCUT2D eigenvalue weighted by atomic mass is 9.95. The minimum absolute atomic E-state index is 0.241. The van der Waals surface area contributed by atoms with Crippen molar-refractivity contribution in [3.8, 4) is 0 Å². The first-order chi connectivity index (χ1) is 8.90. The molecule has 1 rings (SSSR count). The molecule has 4 heteroatoms. The third-order valence-corrected chi connectivity index (χ3v) is 4.69. The van der Waals surface area contributed by atoms with Crippen LogP contribution in [0.1, 0.15) is 32.6 Å². The summed E-state index contributed by atoms with van der Waals surface area (Å²) in [4.78, 5) is 1.13. The molecule has 1 aromatic carbocycles. The topological polar surface area (TPSA) is 38.7 Å². The Hall–Kier alpha value is -0.550. The molecule has 0 saturated carbocycles. The Balaban J connectivity index is 2.62. The molecule has 0 amide bonds. The van der Waals surface area contributed by atoms with Crippen LogP contribution in [0.4, 0.5) is 0 Å². The summed E-state index contributed by atoms with van der Waals surface area (Å²) < 4.78 is 10.4. The van der Waals surface area contributed by atoms with Crippen molar-refractivity contribution in [3.63, 3.8) is 0 Å². The van der Waals surface area contributed by atoms with Crippen LogP contribution in [0, 0.1) is 5.92 Å². The molecule has 0 aliphatic carbocycles. The van der Waals surface area contributed by atoms with Crippen molar-refractivity contribution in [2.24, 2.45) is 5.92 Å². The molecule has 19 heavy (non-hydrogen) atoms. The van der Waals surface area contributed by atoms with E-state index in [1.54, 1.807) is 26.0 Å². The highest BCUT2D eigenvalue weighted by molar-refractivity contribution is 7.99. The molecule has 1 unspecified atom stereocenters. The molecule has 0 aromatic heterocycles. The van der Waals surface area contributed by atoms with Gasteiger partial charge in [-0.05, 0) is 25.0 Å². The highest BCUT2D eigenvalue weighted by Gasteiger charge is 2.24. The zero-order valence-corrected chi connectivity index (χ0v) is 13.2. The average molecular weight is 284 g/mol. The number of aliphatic hydroxyl groups is 1. The van der Waals surface area contributed by atoms with Gasteiger partial charge in [0.25, 0.3) is 0 Å². The Labute approximate surface area is 120 Å². The maximum absolute atomic E-state index is 10.2. The fourth-order valence-electron chi connectivity index (χ4n) is 1.49. The number of rotatable bonds is 7. The molecule has 108 valence electrons. The zero-order chi connectivity index (χ0) is 14.5. The fraction of sp³-hybridized carbons (Fsp3) is 0.600. The van der Waals surface area contributed by atoms with Gasteiger partial charge in [-0.15, -0.1) is 11.8 Å². The Bertz CT molecular complexity index is 369. The van der Waals surface area contributed by atoms with Gasteiger partial charge in [0.1, 0.15) is 0 Å². The number of thioether (sulfide) groups is 1. The van der Waals surface area contributed by atoms with Gasteiger partial charge in [0.05, 0.1) is 5.60 Å². The van der Waals surface area contributed by atoms with Crippen LogP contribution in [0.5, 0.6) is 0 Å². The van der Waals surface area contributed by atoms with E-state index in [1.807, 2.05) is 45.0 Å². The smallest absolute Gasteiger partial charge is 0.183 e. The monoisotopic (exact) mass is 284 g/mol. The Morgan fingerprint density at radius 1 is 1.16 bits per heavy atom. The highest BCUT2D eigenvalue weighted by atomic mass is 32.2. The van der Waals surface area contributed by atoms with Crippen LogP contribution in [-0.2, 0) is 9.47 Å². The van der Waals surface area contributed by atoms with Crippen molar-refractivity contribution >= 4 is 11.8 Å². The van der Waals surface area contributed by atoms with E-state index in [2.05, 4.69) is 0 Å². The van der Waals surface area contributed by atoms with Crippen molar-refractivity contribution in [2.75, 3.05) is 20.0 Å². The molecule has 0 radical (unpaired) electrons. The molecule has 0 bridgehead atoms. The van der Waals surface area contributed by atoms with Crippen LogP contribution in [0.25, 0.3) is 0 Å². The summed E-state index contributed by atoms with van der Waals surface area (Å²) in [5.74, 6) is 0.924. The highest BCUT2D eigenvalue weighted by Crippen LogP contribution is 2.28. The lowest BCUT2D eigenvalue weighted by Gasteiger charge is -2.27. The van der Waals surface area contributed by atoms with Crippen molar-refractivity contribution in [1.29, 1.82) is 0 Å². The zero-order valence-electron chi connectivity index (χ0n) is 12.3. The second-order valence-electron chi connectivity index (χ2n) is 5.17. The number of hydrogen-bond donors (Lipinski definition) is 1. The van der Waals surface area contributed by atoms with Gasteiger partial charge < -0.3 is 14.6 Å². The third kappa shape index (κ3) is 4.80. The molecule has 1 atom stereocenters. The summed E-state index contributed by atoms with van der Waals surface area (Å²) in [5.41, 5.74) is 0.343. The van der Waals surface area contributed by atoms with E-state index in [4.69, 9.17) is 9.47 Å². The van der Waals surface area contributed by atoms with Crippen LogP contribution in [0.2, 0.25) is 0 Å². The summed E-state index contributed by atoms with van der Waals surface area (Å²) in [6.45, 7) is 5.95. The molecule has 0 aliphatic rings. The van der Waals surface area contributed by atoms with Crippen molar-refractivity contribution in [2.45, 2.75) is 37.6 Å². The number of hydrogen-bond acceptors (Lipinski definition) is 4. The first-order valence-electron chi connectivity index (χ1n) is 6.41. The van der Waals surface area contributed by atoms with E-state index in [0.717, 1.165) is 10.5 Å². The summed E-state index contributed by atoms with van der Waals surface area (Å²) in [7, 11) is 3.24. The van der Waals surface area contributed by atoms with Crippen LogP contribution >= 0.6 is 11.8 Å². The second-order valence-corrected chi connectivity index (χ2v) is 6.22. The largest absolute Gasteiger partial charge is 0.389 e. The van der Waals surface area contributed by atoms with Crippen LogP contribution < -0.4 is 0 Å². The first-order valence-corrected chi connectivity index (χ1v) is 7.40. The first kappa shape index (κ1) is 16.5. The lowest BCUT2D eigenvalue weighted by Crippen LogP contribution is -2.33. The minimum Gasteiger partial charge on any atom is -0.389 e. The third-order valence-electron chi connectivity index (χ3n) is 3.36. The SMILES string of the molecule is COC(OC)c1ccc(SCC(C)(O)C(C)C)cc1. The van der Waals surface area contributed by atoms with E-state index in [0.29, 0.717) is 5.75 Å². The Kier molecular flexibility index (Phi) is 6.33. The minimum atomic E-state index is -0.648. The van der Waals surface area contributed by atoms with Crippen LogP contribution in [0.15, 0.2) is 29.2 Å². The number of methoxy groups -OCH3 is 2. The van der Waals surface area contributed by atoms with Gasteiger partial charge in [-0.3, -0.25) is 0 Å². The van der Waals surface area contributed by atoms with Crippen LogP contribution in [0.3, 0.4) is 0 Å². The molecule has 0 heterocycles. The van der Waals surface area contributed by atoms with Crippen LogP contribution in [-0.4, -0.2) is 30.7 Å². The molecule has 0 spiro atoms. The molecule has 3 nitrogen and oxygen atoms in total. The maximum atomic E-state index is 10.2. The van der Waals surface area contributed by atoms with Gasteiger partial charge in [-0.1, -0.05) is 26.0 Å². The Morgan fingerprint density at radius 3 is 2.11 bits per heavy atom. The van der Waals surface area contributed by atoms with E-state index >= 15 is 0 Å². The van der Waals surface area contributed by atoms with E-state index in [1.165, 1.54) is 0 Å². The van der Waals surface area contributed by atoms with Gasteiger partial charge in [0.2, 0.25) is 0 Å². The standard InChI is InChI=1S/C15H24O3S/c1-11(2)15(3,16)10-19-13-8-6-12(7-9-13)14(17-4)18-5/h6-9,11,14,16H,10H2,1-5H3. The van der Waals surface area contributed by atoms with Gasteiger partial charge in [-0.25, -0.2) is 0 Å². The summed E-state index contributed by atoms with van der Waals surface area (Å²) >= 11 is 1.66. The van der Waals surface area contributed by atoms with E-state index in [9.17, 15) is 5.11 Å². The molecule has 0 aliphatic heterocycles. The van der Waals surface area contributed by atoms with Crippen molar-refractivity contribution < 1.29 is 14.6 Å². The number of benzene rings is 1. The molecular weight excluding hydrogens is 260 g/mol. The average Bonchev–Trinajstić information content (AvgIpc) is 2.39. The van der Waals surface area contributed by atoms with Crippen molar-refractivity contribution in [1.82, 2.24) is 0 Å². The molecule has 0 fully saturated rings. The molecular formula is C15H24O3S. The summed E-state index contributed by atoms with van der Waals surface area (Å²) in [6.07, 6.45) is -0.321. The molecule has 0 saturated heterocycles.